The van der Waals surface area contributed by atoms with Crippen LogP contribution in [0.1, 0.15) is 57.0 Å². The van der Waals surface area contributed by atoms with Crippen LogP contribution in [0.4, 0.5) is 5.13 Å². The van der Waals surface area contributed by atoms with E-state index in [0.29, 0.717) is 6.04 Å². The summed E-state index contributed by atoms with van der Waals surface area (Å²) in [6, 6.07) is 1.41. The summed E-state index contributed by atoms with van der Waals surface area (Å²) in [7, 11) is 0. The molecule has 1 aliphatic carbocycles. The molecule has 112 valence electrons. The molecule has 0 bridgehead atoms. The van der Waals surface area contributed by atoms with Crippen molar-refractivity contribution in [2.24, 2.45) is 5.92 Å². The van der Waals surface area contributed by atoms with E-state index in [9.17, 15) is 0 Å². The SMILES string of the molecule is CCc1nc(N2CCCC(C)C2C)sc1CNC1CC1. The highest BCUT2D eigenvalue weighted by Crippen LogP contribution is 2.33. The Kier molecular flexibility index (Phi) is 4.32. The van der Waals surface area contributed by atoms with Crippen molar-refractivity contribution in [1.29, 1.82) is 0 Å². The van der Waals surface area contributed by atoms with Gasteiger partial charge in [0.05, 0.1) is 5.69 Å². The topological polar surface area (TPSA) is 28.2 Å². The third-order valence-electron chi connectivity index (χ3n) is 4.85. The molecule has 3 nitrogen and oxygen atoms in total. The van der Waals surface area contributed by atoms with Gasteiger partial charge < -0.3 is 10.2 Å². The first-order chi connectivity index (χ1) is 9.69. The van der Waals surface area contributed by atoms with E-state index in [0.717, 1.165) is 24.9 Å². The van der Waals surface area contributed by atoms with E-state index in [1.54, 1.807) is 0 Å². The number of rotatable bonds is 5. The van der Waals surface area contributed by atoms with Crippen LogP contribution in [0.3, 0.4) is 0 Å². The molecule has 2 aliphatic rings. The Labute approximate surface area is 126 Å². The number of aryl methyl sites for hydroxylation is 1. The summed E-state index contributed by atoms with van der Waals surface area (Å²) in [6.07, 6.45) is 6.43. The molecule has 0 spiro atoms. The molecule has 1 saturated carbocycles. The van der Waals surface area contributed by atoms with E-state index in [-0.39, 0.29) is 0 Å². The largest absolute Gasteiger partial charge is 0.345 e. The second-order valence-electron chi connectivity index (χ2n) is 6.43. The van der Waals surface area contributed by atoms with Crippen LogP contribution < -0.4 is 10.2 Å². The highest BCUT2D eigenvalue weighted by atomic mass is 32.1. The molecule has 1 N–H and O–H groups in total. The molecule has 3 rings (SSSR count). The average molecular weight is 293 g/mol. The number of piperidine rings is 1. The van der Waals surface area contributed by atoms with Crippen molar-refractivity contribution < 1.29 is 0 Å². The zero-order chi connectivity index (χ0) is 14.1. The molecule has 1 saturated heterocycles. The number of hydrogen-bond donors (Lipinski definition) is 1. The summed E-state index contributed by atoms with van der Waals surface area (Å²) in [5.41, 5.74) is 1.31. The summed E-state index contributed by atoms with van der Waals surface area (Å²) in [5, 5.41) is 4.89. The summed E-state index contributed by atoms with van der Waals surface area (Å²) >= 11 is 1.92. The maximum absolute atomic E-state index is 4.94. The van der Waals surface area contributed by atoms with Crippen molar-refractivity contribution in [2.75, 3.05) is 11.4 Å². The summed E-state index contributed by atoms with van der Waals surface area (Å²) in [5.74, 6) is 0.783. The van der Waals surface area contributed by atoms with Gasteiger partial charge in [0.2, 0.25) is 0 Å². The predicted octanol–water partition coefficient (Wildman–Crippen LogP) is 3.58. The fourth-order valence-corrected chi connectivity index (χ4v) is 4.25. The number of thiazole rings is 1. The predicted molar refractivity (Wildman–Crippen MR) is 86.6 cm³/mol. The average Bonchev–Trinajstić information content (AvgIpc) is 3.19. The molecule has 1 aliphatic heterocycles. The van der Waals surface area contributed by atoms with Crippen LogP contribution in [-0.2, 0) is 13.0 Å². The van der Waals surface area contributed by atoms with E-state index in [4.69, 9.17) is 4.98 Å². The molecule has 2 atom stereocenters. The molecule has 2 heterocycles. The van der Waals surface area contributed by atoms with Crippen molar-refractivity contribution in [3.63, 3.8) is 0 Å². The third kappa shape index (κ3) is 3.01. The second kappa shape index (κ2) is 6.02. The fraction of sp³-hybridized carbons (Fsp3) is 0.812. The number of hydrogen-bond acceptors (Lipinski definition) is 4. The van der Waals surface area contributed by atoms with Crippen molar-refractivity contribution in [3.05, 3.63) is 10.6 Å². The highest BCUT2D eigenvalue weighted by molar-refractivity contribution is 7.15. The minimum atomic E-state index is 0.629. The van der Waals surface area contributed by atoms with Crippen molar-refractivity contribution in [2.45, 2.75) is 71.5 Å². The van der Waals surface area contributed by atoms with E-state index >= 15 is 0 Å². The van der Waals surface area contributed by atoms with Gasteiger partial charge in [0, 0.05) is 30.1 Å². The molecule has 1 aromatic rings. The standard InChI is InChI=1S/C16H27N3S/c1-4-14-15(10-17-13-7-8-13)20-16(18-14)19-9-5-6-11(2)12(19)3/h11-13,17H,4-10H2,1-3H3. The van der Waals surface area contributed by atoms with Crippen LogP contribution in [0.2, 0.25) is 0 Å². The summed E-state index contributed by atoms with van der Waals surface area (Å²) in [4.78, 5) is 8.94. The Balaban J connectivity index is 1.74. The lowest BCUT2D eigenvalue weighted by atomic mass is 9.93. The lowest BCUT2D eigenvalue weighted by Gasteiger charge is -2.37. The molecule has 20 heavy (non-hydrogen) atoms. The Morgan fingerprint density at radius 1 is 1.30 bits per heavy atom. The van der Waals surface area contributed by atoms with E-state index in [1.165, 1.54) is 47.9 Å². The number of anilines is 1. The molecular weight excluding hydrogens is 266 g/mol. The fourth-order valence-electron chi connectivity index (χ4n) is 3.04. The number of nitrogens with zero attached hydrogens (tertiary/aromatic N) is 2. The van der Waals surface area contributed by atoms with Gasteiger partial charge in [0.15, 0.2) is 5.13 Å². The van der Waals surface area contributed by atoms with Gasteiger partial charge in [-0.1, -0.05) is 13.8 Å². The minimum absolute atomic E-state index is 0.629. The lowest BCUT2D eigenvalue weighted by Crippen LogP contribution is -2.42. The Morgan fingerprint density at radius 2 is 2.10 bits per heavy atom. The highest BCUT2D eigenvalue weighted by Gasteiger charge is 2.28. The first kappa shape index (κ1) is 14.3. The lowest BCUT2D eigenvalue weighted by molar-refractivity contribution is 0.363. The zero-order valence-electron chi connectivity index (χ0n) is 13.0. The van der Waals surface area contributed by atoms with Crippen molar-refractivity contribution in [1.82, 2.24) is 10.3 Å². The molecule has 1 aromatic heterocycles. The Hall–Kier alpha value is -0.610. The van der Waals surface area contributed by atoms with E-state index in [1.807, 2.05) is 11.3 Å². The summed E-state index contributed by atoms with van der Waals surface area (Å²) < 4.78 is 0. The smallest absolute Gasteiger partial charge is 0.186 e. The van der Waals surface area contributed by atoms with Crippen LogP contribution in [0.25, 0.3) is 0 Å². The maximum atomic E-state index is 4.94. The Morgan fingerprint density at radius 3 is 2.80 bits per heavy atom. The van der Waals surface area contributed by atoms with Crippen molar-refractivity contribution >= 4 is 16.5 Å². The van der Waals surface area contributed by atoms with Gasteiger partial charge in [-0.05, 0) is 44.9 Å². The van der Waals surface area contributed by atoms with E-state index < -0.39 is 0 Å². The van der Waals surface area contributed by atoms with Gasteiger partial charge in [-0.25, -0.2) is 4.98 Å². The van der Waals surface area contributed by atoms with Gasteiger partial charge in [-0.2, -0.15) is 0 Å². The Bertz CT molecular complexity index is 453. The first-order valence-electron chi connectivity index (χ1n) is 8.17. The minimum Gasteiger partial charge on any atom is -0.345 e. The molecule has 0 amide bonds. The maximum Gasteiger partial charge on any atom is 0.186 e. The van der Waals surface area contributed by atoms with Gasteiger partial charge in [-0.15, -0.1) is 11.3 Å². The van der Waals surface area contributed by atoms with Gasteiger partial charge in [-0.3, -0.25) is 0 Å². The molecule has 4 heteroatoms. The monoisotopic (exact) mass is 293 g/mol. The second-order valence-corrected chi connectivity index (χ2v) is 7.49. The molecule has 0 radical (unpaired) electrons. The normalized spacial score (nSPS) is 27.1. The van der Waals surface area contributed by atoms with Crippen LogP contribution in [-0.4, -0.2) is 23.6 Å². The van der Waals surface area contributed by atoms with Crippen LogP contribution in [0.5, 0.6) is 0 Å². The zero-order valence-corrected chi connectivity index (χ0v) is 13.8. The number of nitrogens with one attached hydrogen (secondary N) is 1. The van der Waals surface area contributed by atoms with Crippen LogP contribution in [0, 0.1) is 5.92 Å². The van der Waals surface area contributed by atoms with Gasteiger partial charge in [0.1, 0.15) is 0 Å². The quantitative estimate of drug-likeness (QED) is 0.899. The molecule has 2 unspecified atom stereocenters. The number of aromatic nitrogens is 1. The molecular formula is C16H27N3S. The molecule has 0 aromatic carbocycles. The van der Waals surface area contributed by atoms with Crippen LogP contribution in [0.15, 0.2) is 0 Å². The van der Waals surface area contributed by atoms with Gasteiger partial charge >= 0.3 is 0 Å². The van der Waals surface area contributed by atoms with E-state index in [2.05, 4.69) is 31.0 Å². The first-order valence-corrected chi connectivity index (χ1v) is 8.99. The van der Waals surface area contributed by atoms with Crippen LogP contribution >= 0.6 is 11.3 Å². The summed E-state index contributed by atoms with van der Waals surface area (Å²) in [6.45, 7) is 9.16. The van der Waals surface area contributed by atoms with Gasteiger partial charge in [0.25, 0.3) is 0 Å². The third-order valence-corrected chi connectivity index (χ3v) is 5.98. The van der Waals surface area contributed by atoms with Crippen molar-refractivity contribution in [3.8, 4) is 0 Å². The molecule has 2 fully saturated rings.